The molecule has 0 bridgehead atoms. The smallest absolute Gasteiger partial charge is 0.306 e. The van der Waals surface area contributed by atoms with E-state index in [-0.39, 0.29) is 17.8 Å². The standard InChI is InChI=1S/C25H29N3O4S/c1-2-31-24(29)14-19-13-20-5-6-21(15-23(20)32-17-19)25(30)27-22-7-3-18(4-8-22)16-26-28-9-11-33-12-10-28/h3-8,15-16,19H,2,9-14,17H2,1H3,(H,27,30)/b26-16+. The van der Waals surface area contributed by atoms with Crippen molar-refractivity contribution in [3.8, 4) is 5.75 Å². The van der Waals surface area contributed by atoms with E-state index in [1.54, 1.807) is 19.1 Å². The molecule has 1 amide bonds. The molecule has 2 heterocycles. The van der Waals surface area contributed by atoms with Crippen LogP contribution in [0.25, 0.3) is 0 Å². The van der Waals surface area contributed by atoms with E-state index in [9.17, 15) is 9.59 Å². The summed E-state index contributed by atoms with van der Waals surface area (Å²) in [5.41, 5.74) is 3.25. The Labute approximate surface area is 198 Å². The maximum atomic E-state index is 12.7. The van der Waals surface area contributed by atoms with Crippen LogP contribution in [0, 0.1) is 5.92 Å². The number of thioether (sulfide) groups is 1. The van der Waals surface area contributed by atoms with Crippen molar-refractivity contribution in [3.05, 3.63) is 59.2 Å². The molecule has 1 saturated heterocycles. The lowest BCUT2D eigenvalue weighted by Crippen LogP contribution is -2.27. The molecular formula is C25H29N3O4S. The van der Waals surface area contributed by atoms with E-state index in [1.165, 1.54) is 0 Å². The van der Waals surface area contributed by atoms with Gasteiger partial charge in [0.2, 0.25) is 0 Å². The number of anilines is 1. The first-order valence-corrected chi connectivity index (χ1v) is 12.5. The van der Waals surface area contributed by atoms with E-state index in [1.807, 2.05) is 48.3 Å². The first-order valence-electron chi connectivity index (χ1n) is 11.3. The average Bonchev–Trinajstić information content (AvgIpc) is 2.84. The molecule has 1 fully saturated rings. The Morgan fingerprint density at radius 3 is 2.76 bits per heavy atom. The fourth-order valence-electron chi connectivity index (χ4n) is 3.84. The van der Waals surface area contributed by atoms with E-state index in [0.29, 0.717) is 30.9 Å². The number of carbonyl (C=O) groups excluding carboxylic acids is 2. The Morgan fingerprint density at radius 1 is 1.21 bits per heavy atom. The van der Waals surface area contributed by atoms with Crippen molar-refractivity contribution in [2.24, 2.45) is 11.0 Å². The number of rotatable bonds is 7. The number of hydrazone groups is 1. The van der Waals surface area contributed by atoms with Gasteiger partial charge in [-0.1, -0.05) is 18.2 Å². The van der Waals surface area contributed by atoms with Crippen molar-refractivity contribution >= 4 is 35.5 Å². The Bertz CT molecular complexity index is 1000. The third-order valence-electron chi connectivity index (χ3n) is 5.60. The maximum absolute atomic E-state index is 12.7. The molecule has 0 spiro atoms. The molecule has 0 aromatic heterocycles. The van der Waals surface area contributed by atoms with Crippen molar-refractivity contribution in [1.29, 1.82) is 0 Å². The summed E-state index contributed by atoms with van der Waals surface area (Å²) >= 11 is 1.96. The van der Waals surface area contributed by atoms with Gasteiger partial charge in [-0.2, -0.15) is 16.9 Å². The number of nitrogens with one attached hydrogen (secondary N) is 1. The van der Waals surface area contributed by atoms with Crippen molar-refractivity contribution in [2.45, 2.75) is 19.8 Å². The molecule has 2 aromatic rings. The van der Waals surface area contributed by atoms with Crippen LogP contribution < -0.4 is 10.1 Å². The number of nitrogens with zero attached hydrogens (tertiary/aromatic N) is 2. The molecule has 7 nitrogen and oxygen atoms in total. The number of hydrogen-bond acceptors (Lipinski definition) is 7. The van der Waals surface area contributed by atoms with Crippen LogP contribution in [-0.4, -0.2) is 60.9 Å². The third kappa shape index (κ3) is 6.51. The number of esters is 1. The highest BCUT2D eigenvalue weighted by Crippen LogP contribution is 2.30. The minimum Gasteiger partial charge on any atom is -0.493 e. The predicted molar refractivity (Wildman–Crippen MR) is 131 cm³/mol. The number of amides is 1. The first kappa shape index (κ1) is 23.2. The molecule has 1 atom stereocenters. The summed E-state index contributed by atoms with van der Waals surface area (Å²) in [4.78, 5) is 24.5. The fourth-order valence-corrected chi connectivity index (χ4v) is 4.72. The van der Waals surface area contributed by atoms with Gasteiger partial charge >= 0.3 is 5.97 Å². The lowest BCUT2D eigenvalue weighted by Gasteiger charge is -2.25. The molecule has 2 aromatic carbocycles. The number of ether oxygens (including phenoxy) is 2. The van der Waals surface area contributed by atoms with E-state index >= 15 is 0 Å². The molecule has 0 aliphatic carbocycles. The van der Waals surface area contributed by atoms with Crippen LogP contribution in [0.15, 0.2) is 47.6 Å². The molecule has 174 valence electrons. The van der Waals surface area contributed by atoms with Crippen molar-refractivity contribution in [2.75, 3.05) is 43.1 Å². The summed E-state index contributed by atoms with van der Waals surface area (Å²) in [5, 5.41) is 9.55. The van der Waals surface area contributed by atoms with Gasteiger partial charge in [0.25, 0.3) is 5.91 Å². The second kappa shape index (κ2) is 11.2. The van der Waals surface area contributed by atoms with Gasteiger partial charge in [-0.05, 0) is 48.7 Å². The average molecular weight is 468 g/mol. The highest BCUT2D eigenvalue weighted by atomic mass is 32.2. The summed E-state index contributed by atoms with van der Waals surface area (Å²) in [6.07, 6.45) is 2.93. The van der Waals surface area contributed by atoms with E-state index in [4.69, 9.17) is 9.47 Å². The van der Waals surface area contributed by atoms with Crippen molar-refractivity contribution in [1.82, 2.24) is 5.01 Å². The molecule has 33 heavy (non-hydrogen) atoms. The Hall–Kier alpha value is -3.00. The topological polar surface area (TPSA) is 80.2 Å². The molecule has 4 rings (SSSR count). The van der Waals surface area contributed by atoms with Crippen LogP contribution in [0.2, 0.25) is 0 Å². The van der Waals surface area contributed by atoms with Crippen LogP contribution >= 0.6 is 11.8 Å². The molecule has 0 radical (unpaired) electrons. The number of carbonyl (C=O) groups is 2. The second-order valence-electron chi connectivity index (χ2n) is 8.10. The maximum Gasteiger partial charge on any atom is 0.306 e. The van der Waals surface area contributed by atoms with Crippen molar-refractivity contribution < 1.29 is 19.1 Å². The number of hydrogen-bond donors (Lipinski definition) is 1. The highest BCUT2D eigenvalue weighted by molar-refractivity contribution is 7.99. The monoisotopic (exact) mass is 467 g/mol. The lowest BCUT2D eigenvalue weighted by molar-refractivity contribution is -0.144. The molecule has 1 N–H and O–H groups in total. The van der Waals surface area contributed by atoms with Gasteiger partial charge in [-0.3, -0.25) is 14.6 Å². The van der Waals surface area contributed by atoms with Crippen LogP contribution in [0.4, 0.5) is 5.69 Å². The van der Waals surface area contributed by atoms with Crippen molar-refractivity contribution in [3.63, 3.8) is 0 Å². The Kier molecular flexibility index (Phi) is 7.88. The van der Waals surface area contributed by atoms with Gasteiger partial charge in [-0.25, -0.2) is 0 Å². The second-order valence-corrected chi connectivity index (χ2v) is 9.32. The van der Waals surface area contributed by atoms with Gasteiger partial charge < -0.3 is 14.8 Å². The Balaban J connectivity index is 1.32. The minimum absolute atomic E-state index is 0.0899. The number of fused-ring (bicyclic) bond motifs is 1. The summed E-state index contributed by atoms with van der Waals surface area (Å²) in [5.74, 6) is 2.63. The lowest BCUT2D eigenvalue weighted by atomic mass is 9.93. The number of benzene rings is 2. The molecule has 2 aliphatic heterocycles. The van der Waals surface area contributed by atoms with Gasteiger partial charge in [0, 0.05) is 41.8 Å². The van der Waals surface area contributed by atoms with Crippen LogP contribution in [0.3, 0.4) is 0 Å². The van der Waals surface area contributed by atoms with E-state index in [0.717, 1.165) is 47.8 Å². The minimum atomic E-state index is -0.201. The molecule has 0 saturated carbocycles. The van der Waals surface area contributed by atoms with E-state index in [2.05, 4.69) is 15.4 Å². The normalized spacial score (nSPS) is 17.8. The zero-order valence-electron chi connectivity index (χ0n) is 18.8. The summed E-state index contributed by atoms with van der Waals surface area (Å²) in [6.45, 7) is 4.58. The predicted octanol–water partition coefficient (Wildman–Crippen LogP) is 3.83. The van der Waals surface area contributed by atoms with Crippen LogP contribution in [0.1, 0.15) is 34.8 Å². The summed E-state index contributed by atoms with van der Waals surface area (Å²) in [6, 6.07) is 13.1. The molecule has 2 aliphatic rings. The van der Waals surface area contributed by atoms with Gasteiger partial charge in [0.15, 0.2) is 0 Å². The quantitative estimate of drug-likeness (QED) is 0.493. The largest absolute Gasteiger partial charge is 0.493 e. The van der Waals surface area contributed by atoms with Crippen LogP contribution in [-0.2, 0) is 16.0 Å². The van der Waals surface area contributed by atoms with Gasteiger partial charge in [0.1, 0.15) is 5.75 Å². The fraction of sp³-hybridized carbons (Fsp3) is 0.400. The molecular weight excluding hydrogens is 438 g/mol. The SMILES string of the molecule is CCOC(=O)CC1COc2cc(C(=O)Nc3ccc(/C=N/N4CCSCC4)cc3)ccc2C1. The highest BCUT2D eigenvalue weighted by Gasteiger charge is 2.24. The summed E-state index contributed by atoms with van der Waals surface area (Å²) < 4.78 is 10.9. The molecule has 8 heteroatoms. The first-order chi connectivity index (χ1) is 16.1. The van der Waals surface area contributed by atoms with Gasteiger partial charge in [0.05, 0.1) is 25.8 Å². The third-order valence-corrected chi connectivity index (χ3v) is 6.54. The Morgan fingerprint density at radius 2 is 2.00 bits per heavy atom. The molecule has 1 unspecified atom stereocenters. The van der Waals surface area contributed by atoms with Crippen LogP contribution in [0.5, 0.6) is 5.75 Å². The van der Waals surface area contributed by atoms with Gasteiger partial charge in [-0.15, -0.1) is 0 Å². The zero-order chi connectivity index (χ0) is 23.0. The summed E-state index contributed by atoms with van der Waals surface area (Å²) in [7, 11) is 0. The zero-order valence-corrected chi connectivity index (χ0v) is 19.6. The van der Waals surface area contributed by atoms with E-state index < -0.39 is 0 Å².